The van der Waals surface area contributed by atoms with Gasteiger partial charge in [0.1, 0.15) is 0 Å². The van der Waals surface area contributed by atoms with Crippen molar-refractivity contribution in [2.24, 2.45) is 0 Å². The molecule has 2 aliphatic carbocycles. The van der Waals surface area contributed by atoms with Crippen LogP contribution in [0.4, 0.5) is 5.69 Å². The number of rotatable bonds is 6. The van der Waals surface area contributed by atoms with Crippen LogP contribution in [-0.2, 0) is 21.7 Å². The Morgan fingerprint density at radius 2 is 0.830 bits per heavy atom. The lowest BCUT2D eigenvalue weighted by Gasteiger charge is -2.42. The van der Waals surface area contributed by atoms with Crippen molar-refractivity contribution in [1.29, 1.82) is 0 Å². The van der Waals surface area contributed by atoms with Gasteiger partial charge in [-0.1, -0.05) is 104 Å². The number of hydrogen-bond donors (Lipinski definition) is 5. The minimum atomic E-state index is -0.610. The summed E-state index contributed by atoms with van der Waals surface area (Å²) < 4.78 is 0. The van der Waals surface area contributed by atoms with E-state index in [9.17, 15) is 14.4 Å². The van der Waals surface area contributed by atoms with E-state index >= 15 is 0 Å². The van der Waals surface area contributed by atoms with Gasteiger partial charge in [0.2, 0.25) is 0 Å². The van der Waals surface area contributed by atoms with Crippen LogP contribution in [0, 0.1) is 0 Å². The van der Waals surface area contributed by atoms with Crippen LogP contribution in [0.1, 0.15) is 146 Å². The van der Waals surface area contributed by atoms with Crippen LogP contribution in [-0.4, -0.2) is 28.1 Å². The highest BCUT2D eigenvalue weighted by Crippen LogP contribution is 2.47. The molecule has 53 heavy (non-hydrogen) atoms. The summed E-state index contributed by atoms with van der Waals surface area (Å²) in [5.41, 5.74) is 13.5. The number of nitrogens with one attached hydrogen (secondary N) is 3. The van der Waals surface area contributed by atoms with Crippen molar-refractivity contribution in [1.82, 2.24) is 11.0 Å². The standard InChI is InChI=1S/C23H27NO2.C22H26N2O3/c1-22(2)13-14-23(3,4)20-15-17(9-12-19(20)22)6-5-16-7-10-18(11-8-16)21(25)24-26;1-21(2)11-12-22(3,4)18-13-16(9-10-17(18)21)23-19(25)14-5-7-15(8-6-14)20(26)24-27/h5-12,15,26H,13-14H2,1-4H3,(H,24,25);5-10,13,27H,11-12H2,1-4H3,(H,23,25)(H,24,26)/b6-5+;. The summed E-state index contributed by atoms with van der Waals surface area (Å²) in [6.45, 7) is 18.4. The molecule has 0 saturated heterocycles. The first-order valence-corrected chi connectivity index (χ1v) is 18.3. The van der Waals surface area contributed by atoms with Gasteiger partial charge in [0, 0.05) is 22.4 Å². The van der Waals surface area contributed by atoms with Crippen molar-refractivity contribution in [2.45, 2.75) is 103 Å². The lowest BCUT2D eigenvalue weighted by Crippen LogP contribution is -2.33. The van der Waals surface area contributed by atoms with E-state index in [0.29, 0.717) is 11.1 Å². The van der Waals surface area contributed by atoms with Gasteiger partial charge in [-0.3, -0.25) is 24.8 Å². The maximum atomic E-state index is 12.6. The molecule has 3 amide bonds. The fourth-order valence-electron chi connectivity index (χ4n) is 7.42. The predicted octanol–water partition coefficient (Wildman–Crippen LogP) is 9.73. The van der Waals surface area contributed by atoms with Crippen molar-refractivity contribution in [3.05, 3.63) is 135 Å². The second kappa shape index (κ2) is 15.1. The first-order chi connectivity index (χ1) is 24.9. The highest BCUT2D eigenvalue weighted by Gasteiger charge is 2.38. The van der Waals surface area contributed by atoms with Crippen LogP contribution >= 0.6 is 0 Å². The van der Waals surface area contributed by atoms with Gasteiger partial charge < -0.3 is 5.32 Å². The third-order valence-corrected chi connectivity index (χ3v) is 11.2. The molecule has 0 unspecified atom stereocenters. The van der Waals surface area contributed by atoms with Gasteiger partial charge in [-0.05, 0) is 129 Å². The van der Waals surface area contributed by atoms with Crippen LogP contribution in [0.15, 0.2) is 84.9 Å². The van der Waals surface area contributed by atoms with Crippen LogP contribution in [0.3, 0.4) is 0 Å². The summed E-state index contributed by atoms with van der Waals surface area (Å²) in [6.07, 6.45) is 8.83. The molecule has 5 N–H and O–H groups in total. The summed E-state index contributed by atoms with van der Waals surface area (Å²) in [5, 5.41) is 20.3. The predicted molar refractivity (Wildman–Crippen MR) is 212 cm³/mol. The van der Waals surface area contributed by atoms with Crippen molar-refractivity contribution in [3.8, 4) is 0 Å². The Labute approximate surface area is 313 Å². The van der Waals surface area contributed by atoms with Gasteiger partial charge in [-0.2, -0.15) is 0 Å². The average molecular weight is 716 g/mol. The molecule has 0 heterocycles. The lowest BCUT2D eigenvalue weighted by molar-refractivity contribution is 0.0702. The number of hydrogen-bond acceptors (Lipinski definition) is 5. The molecule has 0 saturated carbocycles. The lowest BCUT2D eigenvalue weighted by atomic mass is 9.63. The fourth-order valence-corrected chi connectivity index (χ4v) is 7.42. The highest BCUT2D eigenvalue weighted by atomic mass is 16.5. The molecule has 6 rings (SSSR count). The number of benzene rings is 4. The molecule has 4 aromatic rings. The van der Waals surface area contributed by atoms with E-state index in [-0.39, 0.29) is 33.1 Å². The van der Waals surface area contributed by atoms with Crippen LogP contribution in [0.5, 0.6) is 0 Å². The second-order valence-corrected chi connectivity index (χ2v) is 17.0. The topological polar surface area (TPSA) is 128 Å². The van der Waals surface area contributed by atoms with Crippen molar-refractivity contribution >= 4 is 35.6 Å². The second-order valence-electron chi connectivity index (χ2n) is 17.0. The summed E-state index contributed by atoms with van der Waals surface area (Å²) in [5.74, 6) is -1.35. The Kier molecular flexibility index (Phi) is 11.2. The van der Waals surface area contributed by atoms with E-state index < -0.39 is 11.8 Å². The molecule has 0 fully saturated rings. The molecule has 0 radical (unpaired) electrons. The smallest absolute Gasteiger partial charge is 0.274 e. The molecule has 0 atom stereocenters. The fraction of sp³-hybridized carbons (Fsp3) is 0.356. The summed E-state index contributed by atoms with van der Waals surface area (Å²) in [7, 11) is 0. The monoisotopic (exact) mass is 715 g/mol. The first-order valence-electron chi connectivity index (χ1n) is 18.3. The minimum absolute atomic E-state index is 0.0743. The number of carbonyl (C=O) groups is 3. The van der Waals surface area contributed by atoms with E-state index in [4.69, 9.17) is 10.4 Å². The van der Waals surface area contributed by atoms with Gasteiger partial charge in [0.25, 0.3) is 17.7 Å². The molecule has 8 nitrogen and oxygen atoms in total. The third-order valence-electron chi connectivity index (χ3n) is 11.2. The van der Waals surface area contributed by atoms with E-state index in [2.05, 4.69) is 97.1 Å². The molecule has 2 aliphatic rings. The summed E-state index contributed by atoms with van der Waals surface area (Å²) >= 11 is 0. The van der Waals surface area contributed by atoms with Gasteiger partial charge in [0.15, 0.2) is 0 Å². The van der Waals surface area contributed by atoms with Crippen molar-refractivity contribution < 1.29 is 24.8 Å². The Morgan fingerprint density at radius 1 is 0.472 bits per heavy atom. The molecule has 4 aromatic carbocycles. The zero-order chi connectivity index (χ0) is 38.8. The molecular formula is C45H53N3O5. The zero-order valence-electron chi connectivity index (χ0n) is 32.2. The molecule has 0 spiro atoms. The normalized spacial score (nSPS) is 17.3. The first kappa shape index (κ1) is 39.2. The SMILES string of the molecule is CC1(C)CCC(C)(C)c2cc(/C=C/c3ccc(C(=O)NO)cc3)ccc21.CC1(C)CCC(C)(C)c2cc(NC(=O)c3ccc(C(=O)NO)cc3)ccc21. The van der Waals surface area contributed by atoms with E-state index in [1.165, 1.54) is 52.8 Å². The Hall–Kier alpha value is -5.05. The van der Waals surface area contributed by atoms with E-state index in [0.717, 1.165) is 24.1 Å². The average Bonchev–Trinajstić information content (AvgIpc) is 3.14. The van der Waals surface area contributed by atoms with Crippen molar-refractivity contribution in [3.63, 3.8) is 0 Å². The van der Waals surface area contributed by atoms with Crippen LogP contribution in [0.2, 0.25) is 0 Å². The van der Waals surface area contributed by atoms with Crippen LogP contribution < -0.4 is 16.3 Å². The number of fused-ring (bicyclic) bond motifs is 2. The van der Waals surface area contributed by atoms with Gasteiger partial charge in [0.05, 0.1) is 0 Å². The van der Waals surface area contributed by atoms with Gasteiger partial charge >= 0.3 is 0 Å². The quantitative estimate of drug-likeness (QED) is 0.0772. The minimum Gasteiger partial charge on any atom is -0.322 e. The maximum Gasteiger partial charge on any atom is 0.274 e. The largest absolute Gasteiger partial charge is 0.322 e. The molecule has 0 aromatic heterocycles. The Balaban J connectivity index is 0.000000204. The number of carbonyl (C=O) groups excluding carboxylic acids is 3. The summed E-state index contributed by atoms with van der Waals surface area (Å²) in [6, 6.07) is 26.2. The van der Waals surface area contributed by atoms with Crippen LogP contribution in [0.25, 0.3) is 12.2 Å². The summed E-state index contributed by atoms with van der Waals surface area (Å²) in [4.78, 5) is 35.3. The maximum absolute atomic E-state index is 12.6. The third kappa shape index (κ3) is 8.78. The number of amides is 3. The zero-order valence-corrected chi connectivity index (χ0v) is 32.2. The van der Waals surface area contributed by atoms with Crippen molar-refractivity contribution in [2.75, 3.05) is 5.32 Å². The van der Waals surface area contributed by atoms with Gasteiger partial charge in [-0.15, -0.1) is 0 Å². The molecule has 8 heteroatoms. The van der Waals surface area contributed by atoms with E-state index in [1.54, 1.807) is 35.2 Å². The highest BCUT2D eigenvalue weighted by molar-refractivity contribution is 6.05. The number of anilines is 1. The number of hydroxylamine groups is 2. The molecular weight excluding hydrogens is 663 g/mol. The van der Waals surface area contributed by atoms with E-state index in [1.807, 2.05) is 24.3 Å². The Bertz CT molecular complexity index is 2020. The molecule has 0 bridgehead atoms. The molecule has 0 aliphatic heterocycles. The molecule has 278 valence electrons. The van der Waals surface area contributed by atoms with Gasteiger partial charge in [-0.25, -0.2) is 11.0 Å². The Morgan fingerprint density at radius 3 is 1.30 bits per heavy atom.